The Hall–Kier alpha value is -2.86. The zero-order valence-electron chi connectivity index (χ0n) is 17.0. The molecule has 0 aromatic heterocycles. The van der Waals surface area contributed by atoms with Crippen LogP contribution in [0, 0.1) is 5.92 Å². The zero-order chi connectivity index (χ0) is 20.6. The van der Waals surface area contributed by atoms with E-state index in [-0.39, 0.29) is 17.7 Å². The summed E-state index contributed by atoms with van der Waals surface area (Å²) in [4.78, 5) is 26.7. The molecule has 0 spiro atoms. The van der Waals surface area contributed by atoms with E-state index in [0.717, 1.165) is 35.4 Å². The molecule has 1 aliphatic carbocycles. The topological polar surface area (TPSA) is 67.9 Å². The Morgan fingerprint density at radius 3 is 2.24 bits per heavy atom. The molecule has 6 heteroatoms. The first-order chi connectivity index (χ1) is 14.1. The number of hydrogen-bond acceptors (Lipinski definition) is 4. The number of benzene rings is 2. The van der Waals surface area contributed by atoms with Crippen LogP contribution in [0.15, 0.2) is 48.5 Å². The zero-order valence-corrected chi connectivity index (χ0v) is 17.0. The molecule has 0 saturated heterocycles. The van der Waals surface area contributed by atoms with Gasteiger partial charge < -0.3 is 19.7 Å². The third kappa shape index (κ3) is 6.06. The maximum atomic E-state index is 12.9. The van der Waals surface area contributed by atoms with E-state index in [0.29, 0.717) is 26.1 Å². The minimum atomic E-state index is -0.0426. The van der Waals surface area contributed by atoms with Crippen molar-refractivity contribution < 1.29 is 19.1 Å². The van der Waals surface area contributed by atoms with Crippen LogP contribution in [-0.4, -0.2) is 39.2 Å². The Morgan fingerprint density at radius 2 is 1.66 bits per heavy atom. The SMILES string of the molecule is COCCNC(=O)Cc1ccc(N(Cc2ccc(OC)cc2)C(=O)C2CC2)cc1. The van der Waals surface area contributed by atoms with Crippen molar-refractivity contribution in [1.29, 1.82) is 0 Å². The lowest BCUT2D eigenvalue weighted by Gasteiger charge is -2.23. The average molecular weight is 396 g/mol. The van der Waals surface area contributed by atoms with Gasteiger partial charge in [-0.25, -0.2) is 0 Å². The van der Waals surface area contributed by atoms with Crippen molar-refractivity contribution in [2.45, 2.75) is 25.8 Å². The van der Waals surface area contributed by atoms with Gasteiger partial charge in [0.15, 0.2) is 0 Å². The van der Waals surface area contributed by atoms with Crippen LogP contribution in [-0.2, 0) is 27.3 Å². The molecule has 3 rings (SSSR count). The van der Waals surface area contributed by atoms with Gasteiger partial charge in [0.25, 0.3) is 0 Å². The normalized spacial score (nSPS) is 13.0. The summed E-state index contributed by atoms with van der Waals surface area (Å²) in [6.07, 6.45) is 2.22. The third-order valence-electron chi connectivity index (χ3n) is 4.93. The van der Waals surface area contributed by atoms with Crippen molar-refractivity contribution in [3.05, 3.63) is 59.7 Å². The fourth-order valence-corrected chi connectivity index (χ4v) is 3.09. The number of ether oxygens (including phenoxy) is 2. The van der Waals surface area contributed by atoms with Crippen LogP contribution in [0.5, 0.6) is 5.75 Å². The number of anilines is 1. The number of hydrogen-bond donors (Lipinski definition) is 1. The molecular weight excluding hydrogens is 368 g/mol. The van der Waals surface area contributed by atoms with E-state index in [1.54, 1.807) is 14.2 Å². The van der Waals surface area contributed by atoms with Gasteiger partial charge in [-0.1, -0.05) is 24.3 Å². The van der Waals surface area contributed by atoms with Crippen molar-refractivity contribution in [3.8, 4) is 5.75 Å². The van der Waals surface area contributed by atoms with Crippen molar-refractivity contribution >= 4 is 17.5 Å². The molecule has 0 bridgehead atoms. The number of nitrogens with zero attached hydrogens (tertiary/aromatic N) is 1. The number of rotatable bonds is 10. The molecule has 0 heterocycles. The summed E-state index contributed by atoms with van der Waals surface area (Å²) in [6.45, 7) is 1.50. The first kappa shape index (κ1) is 20.9. The summed E-state index contributed by atoms with van der Waals surface area (Å²) >= 11 is 0. The smallest absolute Gasteiger partial charge is 0.230 e. The lowest BCUT2D eigenvalue weighted by molar-refractivity contribution is -0.121. The second kappa shape index (κ2) is 10.1. The van der Waals surface area contributed by atoms with Crippen LogP contribution in [0.4, 0.5) is 5.69 Å². The third-order valence-corrected chi connectivity index (χ3v) is 4.93. The van der Waals surface area contributed by atoms with Gasteiger partial charge in [-0.3, -0.25) is 9.59 Å². The van der Waals surface area contributed by atoms with Crippen LogP contribution < -0.4 is 15.0 Å². The summed E-state index contributed by atoms with van der Waals surface area (Å²) in [5, 5.41) is 2.81. The molecular formula is C23H28N2O4. The molecule has 1 fully saturated rings. The van der Waals surface area contributed by atoms with E-state index in [1.165, 1.54) is 0 Å². The summed E-state index contributed by atoms with van der Waals surface area (Å²) in [5.41, 5.74) is 2.80. The molecule has 154 valence electrons. The van der Waals surface area contributed by atoms with Crippen LogP contribution in [0.1, 0.15) is 24.0 Å². The lowest BCUT2D eigenvalue weighted by atomic mass is 10.1. The molecule has 0 unspecified atom stereocenters. The number of methoxy groups -OCH3 is 2. The first-order valence-corrected chi connectivity index (χ1v) is 9.89. The Bertz CT molecular complexity index is 814. The monoisotopic (exact) mass is 396 g/mol. The number of carbonyl (C=O) groups is 2. The van der Waals surface area contributed by atoms with E-state index in [4.69, 9.17) is 9.47 Å². The molecule has 2 aromatic carbocycles. The van der Waals surface area contributed by atoms with Gasteiger partial charge in [-0.05, 0) is 48.2 Å². The highest BCUT2D eigenvalue weighted by Crippen LogP contribution is 2.33. The largest absolute Gasteiger partial charge is 0.497 e. The Morgan fingerprint density at radius 1 is 1.00 bits per heavy atom. The summed E-state index contributed by atoms with van der Waals surface area (Å²) in [7, 11) is 3.24. The van der Waals surface area contributed by atoms with Gasteiger partial charge in [-0.2, -0.15) is 0 Å². The van der Waals surface area contributed by atoms with Gasteiger partial charge in [0.2, 0.25) is 11.8 Å². The van der Waals surface area contributed by atoms with Gasteiger partial charge in [-0.15, -0.1) is 0 Å². The van der Waals surface area contributed by atoms with Crippen LogP contribution in [0.2, 0.25) is 0 Å². The predicted molar refractivity (Wildman–Crippen MR) is 112 cm³/mol. The number of nitrogens with one attached hydrogen (secondary N) is 1. The second-order valence-corrected chi connectivity index (χ2v) is 7.23. The maximum absolute atomic E-state index is 12.9. The fourth-order valence-electron chi connectivity index (χ4n) is 3.09. The van der Waals surface area contributed by atoms with Crippen molar-refractivity contribution in [2.24, 2.45) is 5.92 Å². The van der Waals surface area contributed by atoms with Gasteiger partial charge in [0, 0.05) is 25.3 Å². The number of carbonyl (C=O) groups excluding carboxylic acids is 2. The van der Waals surface area contributed by atoms with Crippen LogP contribution >= 0.6 is 0 Å². The molecule has 6 nitrogen and oxygen atoms in total. The molecule has 0 atom stereocenters. The van der Waals surface area contributed by atoms with E-state index < -0.39 is 0 Å². The summed E-state index contributed by atoms with van der Waals surface area (Å²) < 4.78 is 10.1. The predicted octanol–water partition coefficient (Wildman–Crippen LogP) is 2.94. The maximum Gasteiger partial charge on any atom is 0.230 e. The second-order valence-electron chi connectivity index (χ2n) is 7.23. The molecule has 1 saturated carbocycles. The van der Waals surface area contributed by atoms with Crippen molar-refractivity contribution in [3.63, 3.8) is 0 Å². The average Bonchev–Trinajstić information content (AvgIpc) is 3.58. The Labute approximate surface area is 171 Å². The van der Waals surface area contributed by atoms with Crippen molar-refractivity contribution in [2.75, 3.05) is 32.3 Å². The molecule has 2 aromatic rings. The highest BCUT2D eigenvalue weighted by molar-refractivity contribution is 5.96. The highest BCUT2D eigenvalue weighted by Gasteiger charge is 2.34. The van der Waals surface area contributed by atoms with Crippen LogP contribution in [0.25, 0.3) is 0 Å². The molecule has 0 radical (unpaired) electrons. The molecule has 1 aliphatic rings. The van der Waals surface area contributed by atoms with Crippen molar-refractivity contribution in [1.82, 2.24) is 5.32 Å². The molecule has 2 amide bonds. The van der Waals surface area contributed by atoms with Crippen LogP contribution in [0.3, 0.4) is 0 Å². The van der Waals surface area contributed by atoms with E-state index in [2.05, 4.69) is 5.32 Å². The summed E-state index contributed by atoms with van der Waals surface area (Å²) in [6, 6.07) is 15.4. The standard InChI is InChI=1S/C23H28N2O4/c1-28-14-13-24-22(26)15-17-3-9-20(10-4-17)25(23(27)19-7-8-19)16-18-5-11-21(29-2)12-6-18/h3-6,9-12,19H,7-8,13-16H2,1-2H3,(H,24,26). The quantitative estimate of drug-likeness (QED) is 0.627. The van der Waals surface area contributed by atoms with E-state index in [1.807, 2.05) is 53.4 Å². The summed E-state index contributed by atoms with van der Waals surface area (Å²) in [5.74, 6) is 1.03. The molecule has 0 aliphatic heterocycles. The molecule has 1 N–H and O–H groups in total. The minimum absolute atomic E-state index is 0.0426. The van der Waals surface area contributed by atoms with Gasteiger partial charge >= 0.3 is 0 Å². The highest BCUT2D eigenvalue weighted by atomic mass is 16.5. The lowest BCUT2D eigenvalue weighted by Crippen LogP contribution is -2.31. The Kier molecular flexibility index (Phi) is 7.25. The van der Waals surface area contributed by atoms with E-state index in [9.17, 15) is 9.59 Å². The Balaban J connectivity index is 1.68. The minimum Gasteiger partial charge on any atom is -0.497 e. The number of amides is 2. The van der Waals surface area contributed by atoms with Gasteiger partial charge in [0.05, 0.1) is 26.7 Å². The van der Waals surface area contributed by atoms with E-state index >= 15 is 0 Å². The fraction of sp³-hybridized carbons (Fsp3) is 0.391. The van der Waals surface area contributed by atoms with Gasteiger partial charge in [0.1, 0.15) is 5.75 Å². The first-order valence-electron chi connectivity index (χ1n) is 9.89. The molecule has 29 heavy (non-hydrogen) atoms.